The Balaban J connectivity index is 2.05. The van der Waals surface area contributed by atoms with E-state index in [9.17, 15) is 9.59 Å². The van der Waals surface area contributed by atoms with Gasteiger partial charge in [0.25, 0.3) is 5.91 Å². The molecule has 26 heavy (non-hydrogen) atoms. The van der Waals surface area contributed by atoms with Crippen LogP contribution in [-0.2, 0) is 9.53 Å². The summed E-state index contributed by atoms with van der Waals surface area (Å²) in [5, 5.41) is 2.67. The Morgan fingerprint density at radius 1 is 0.923 bits per heavy atom. The van der Waals surface area contributed by atoms with Crippen LogP contribution in [0.15, 0.2) is 42.5 Å². The van der Waals surface area contributed by atoms with Gasteiger partial charge in [0.1, 0.15) is 22.8 Å². The predicted molar refractivity (Wildman–Crippen MR) is 96.0 cm³/mol. The molecule has 2 aromatic carbocycles. The summed E-state index contributed by atoms with van der Waals surface area (Å²) in [6, 6.07) is 11.6. The van der Waals surface area contributed by atoms with Crippen LogP contribution in [0.1, 0.15) is 17.3 Å². The van der Waals surface area contributed by atoms with E-state index >= 15 is 0 Å². The van der Waals surface area contributed by atoms with Gasteiger partial charge in [-0.15, -0.1) is 0 Å². The highest BCUT2D eigenvalue weighted by molar-refractivity contribution is 5.98. The summed E-state index contributed by atoms with van der Waals surface area (Å²) in [4.78, 5) is 24.6. The fourth-order valence-electron chi connectivity index (χ4n) is 2.19. The number of hydrogen-bond donors (Lipinski definition) is 1. The molecule has 0 saturated heterocycles. The number of methoxy groups -OCH3 is 3. The molecule has 0 saturated carbocycles. The van der Waals surface area contributed by atoms with Gasteiger partial charge in [0, 0.05) is 17.8 Å². The lowest BCUT2D eigenvalue weighted by molar-refractivity contribution is -0.123. The lowest BCUT2D eigenvalue weighted by Crippen LogP contribution is -2.30. The molecule has 1 atom stereocenters. The zero-order valence-corrected chi connectivity index (χ0v) is 15.1. The number of esters is 1. The van der Waals surface area contributed by atoms with Gasteiger partial charge in [0.2, 0.25) is 0 Å². The van der Waals surface area contributed by atoms with Crippen LogP contribution < -0.4 is 19.5 Å². The van der Waals surface area contributed by atoms with E-state index in [0.717, 1.165) is 0 Å². The third-order valence-electron chi connectivity index (χ3n) is 3.62. The molecule has 0 spiro atoms. The Morgan fingerprint density at radius 2 is 1.62 bits per heavy atom. The van der Waals surface area contributed by atoms with Gasteiger partial charge in [-0.1, -0.05) is 6.07 Å². The van der Waals surface area contributed by atoms with Crippen LogP contribution in [0.5, 0.6) is 17.2 Å². The molecule has 2 rings (SSSR count). The van der Waals surface area contributed by atoms with Crippen LogP contribution >= 0.6 is 0 Å². The zero-order valence-electron chi connectivity index (χ0n) is 15.1. The Hall–Kier alpha value is -3.22. The number of nitrogens with one attached hydrogen (secondary N) is 1. The molecular weight excluding hydrogens is 338 g/mol. The van der Waals surface area contributed by atoms with E-state index in [2.05, 4.69) is 5.32 Å². The highest BCUT2D eigenvalue weighted by Crippen LogP contribution is 2.25. The number of carbonyl (C=O) groups is 2. The van der Waals surface area contributed by atoms with E-state index in [1.165, 1.54) is 34.3 Å². The van der Waals surface area contributed by atoms with Gasteiger partial charge in [0.05, 0.1) is 21.3 Å². The second-order valence-corrected chi connectivity index (χ2v) is 5.33. The monoisotopic (exact) mass is 359 g/mol. The molecular formula is C19H21NO6. The first kappa shape index (κ1) is 19.1. The summed E-state index contributed by atoms with van der Waals surface area (Å²) in [6.45, 7) is 1.49. The second kappa shape index (κ2) is 8.75. The van der Waals surface area contributed by atoms with E-state index in [-0.39, 0.29) is 5.56 Å². The maximum absolute atomic E-state index is 12.3. The number of ether oxygens (including phenoxy) is 4. The third-order valence-corrected chi connectivity index (χ3v) is 3.62. The van der Waals surface area contributed by atoms with Gasteiger partial charge in [-0.3, -0.25) is 4.79 Å². The zero-order chi connectivity index (χ0) is 19.1. The minimum absolute atomic E-state index is 0.203. The minimum atomic E-state index is -1.000. The maximum atomic E-state index is 12.3. The maximum Gasteiger partial charge on any atom is 0.342 e. The molecule has 1 N–H and O–H groups in total. The molecule has 0 aliphatic rings. The van der Waals surface area contributed by atoms with Crippen LogP contribution in [0.4, 0.5) is 5.69 Å². The number of hydrogen-bond acceptors (Lipinski definition) is 6. The average molecular weight is 359 g/mol. The van der Waals surface area contributed by atoms with Gasteiger partial charge in [0.15, 0.2) is 6.10 Å². The summed E-state index contributed by atoms with van der Waals surface area (Å²) in [5.41, 5.74) is 0.744. The first-order chi connectivity index (χ1) is 12.5. The van der Waals surface area contributed by atoms with Gasteiger partial charge >= 0.3 is 5.97 Å². The van der Waals surface area contributed by atoms with Gasteiger partial charge in [-0.25, -0.2) is 4.79 Å². The first-order valence-electron chi connectivity index (χ1n) is 7.86. The summed E-state index contributed by atoms with van der Waals surface area (Å²) in [5.74, 6) is 0.323. The van der Waals surface area contributed by atoms with E-state index in [1.54, 1.807) is 36.4 Å². The first-order valence-corrected chi connectivity index (χ1v) is 7.86. The predicted octanol–water partition coefficient (Wildman–Crippen LogP) is 2.90. The van der Waals surface area contributed by atoms with Crippen molar-refractivity contribution in [2.24, 2.45) is 0 Å². The van der Waals surface area contributed by atoms with Crippen molar-refractivity contribution in [2.45, 2.75) is 13.0 Å². The number of rotatable bonds is 7. The number of amides is 1. The molecule has 1 amide bonds. The highest BCUT2D eigenvalue weighted by atomic mass is 16.5. The van der Waals surface area contributed by atoms with Crippen molar-refractivity contribution in [2.75, 3.05) is 26.6 Å². The number of benzene rings is 2. The molecule has 138 valence electrons. The van der Waals surface area contributed by atoms with Crippen molar-refractivity contribution in [3.05, 3.63) is 48.0 Å². The van der Waals surface area contributed by atoms with Crippen LogP contribution in [0.3, 0.4) is 0 Å². The smallest absolute Gasteiger partial charge is 0.342 e. The van der Waals surface area contributed by atoms with E-state index in [1.807, 2.05) is 0 Å². The Bertz CT molecular complexity index is 789. The summed E-state index contributed by atoms with van der Waals surface area (Å²) < 4.78 is 20.6. The van der Waals surface area contributed by atoms with Crippen LogP contribution in [0.2, 0.25) is 0 Å². The fourth-order valence-corrected chi connectivity index (χ4v) is 2.19. The third kappa shape index (κ3) is 4.66. The van der Waals surface area contributed by atoms with Crippen molar-refractivity contribution in [3.8, 4) is 17.2 Å². The van der Waals surface area contributed by atoms with Gasteiger partial charge in [-0.2, -0.15) is 0 Å². The fraction of sp³-hybridized carbons (Fsp3) is 0.263. The lowest BCUT2D eigenvalue weighted by atomic mass is 10.2. The second-order valence-electron chi connectivity index (χ2n) is 5.33. The van der Waals surface area contributed by atoms with Crippen molar-refractivity contribution in [1.82, 2.24) is 0 Å². The lowest BCUT2D eigenvalue weighted by Gasteiger charge is -2.15. The Kier molecular flexibility index (Phi) is 6.43. The SMILES string of the molecule is COc1cccc(NC(=O)[C@@H](C)OC(=O)c2ccc(OC)cc2OC)c1. The molecule has 0 bridgehead atoms. The van der Waals surface area contributed by atoms with E-state index in [4.69, 9.17) is 18.9 Å². The highest BCUT2D eigenvalue weighted by Gasteiger charge is 2.22. The summed E-state index contributed by atoms with van der Waals surface area (Å²) in [6.07, 6.45) is -1.000. The van der Waals surface area contributed by atoms with E-state index in [0.29, 0.717) is 22.9 Å². The molecule has 0 aliphatic heterocycles. The summed E-state index contributed by atoms with van der Waals surface area (Å²) >= 11 is 0. The van der Waals surface area contributed by atoms with Crippen molar-refractivity contribution >= 4 is 17.6 Å². The average Bonchev–Trinajstić information content (AvgIpc) is 2.67. The standard InChI is InChI=1S/C19H21NO6/c1-12(18(21)20-13-6-5-7-14(10-13)23-2)26-19(22)16-9-8-15(24-3)11-17(16)25-4/h5-12H,1-4H3,(H,20,21)/t12-/m1/s1. The van der Waals surface area contributed by atoms with Crippen molar-refractivity contribution in [3.63, 3.8) is 0 Å². The molecule has 2 aromatic rings. The molecule has 7 nitrogen and oxygen atoms in total. The molecule has 0 radical (unpaired) electrons. The largest absolute Gasteiger partial charge is 0.497 e. The van der Waals surface area contributed by atoms with Crippen LogP contribution in [0.25, 0.3) is 0 Å². The van der Waals surface area contributed by atoms with Crippen molar-refractivity contribution in [1.29, 1.82) is 0 Å². The van der Waals surface area contributed by atoms with Crippen LogP contribution in [-0.4, -0.2) is 39.3 Å². The topological polar surface area (TPSA) is 83.1 Å². The molecule has 0 aliphatic carbocycles. The van der Waals surface area contributed by atoms with Gasteiger partial charge in [-0.05, 0) is 31.2 Å². The molecule has 0 unspecified atom stereocenters. The minimum Gasteiger partial charge on any atom is -0.497 e. The van der Waals surface area contributed by atoms with Gasteiger partial charge < -0.3 is 24.3 Å². The molecule has 0 aromatic heterocycles. The molecule has 7 heteroatoms. The Morgan fingerprint density at radius 3 is 2.27 bits per heavy atom. The Labute approximate surface area is 151 Å². The summed E-state index contributed by atoms with van der Waals surface area (Å²) in [7, 11) is 4.48. The van der Waals surface area contributed by atoms with E-state index < -0.39 is 18.0 Å². The number of anilines is 1. The quantitative estimate of drug-likeness (QED) is 0.766. The van der Waals surface area contributed by atoms with Crippen LogP contribution in [0, 0.1) is 0 Å². The molecule has 0 heterocycles. The van der Waals surface area contributed by atoms with Crippen molar-refractivity contribution < 1.29 is 28.5 Å². The number of carbonyl (C=O) groups excluding carboxylic acids is 2. The normalized spacial score (nSPS) is 11.2. The molecule has 0 fully saturated rings.